The minimum absolute atomic E-state index is 0.211. The van der Waals surface area contributed by atoms with E-state index in [1.165, 1.54) is 11.8 Å². The van der Waals surface area contributed by atoms with Gasteiger partial charge in [-0.25, -0.2) is 8.42 Å². The lowest BCUT2D eigenvalue weighted by atomic mass is 10.0. The lowest BCUT2D eigenvalue weighted by Crippen LogP contribution is -2.29. The first-order valence-corrected chi connectivity index (χ1v) is 9.47. The summed E-state index contributed by atoms with van der Waals surface area (Å²) in [7, 11) is 1.01. The second kappa shape index (κ2) is 8.12. The average molecular weight is 363 g/mol. The molecule has 1 aromatic carbocycles. The molecule has 0 aliphatic carbocycles. The Morgan fingerprint density at radius 1 is 1.30 bits per heavy atom. The van der Waals surface area contributed by atoms with Gasteiger partial charge in [-0.2, -0.15) is 0 Å². The van der Waals surface area contributed by atoms with E-state index in [1.54, 1.807) is 0 Å². The molecule has 0 heterocycles. The van der Waals surface area contributed by atoms with E-state index in [0.717, 1.165) is 17.4 Å². The molecule has 4 nitrogen and oxygen atoms in total. The molecule has 0 fully saturated rings. The Morgan fingerprint density at radius 2 is 1.95 bits per heavy atom. The summed E-state index contributed by atoms with van der Waals surface area (Å²) in [6.07, 6.45) is 2.21. The van der Waals surface area contributed by atoms with Crippen LogP contribution in [0.4, 0.5) is 0 Å². The summed E-state index contributed by atoms with van der Waals surface area (Å²) in [5.41, 5.74) is 1.23. The molecule has 0 radical (unpaired) electrons. The summed E-state index contributed by atoms with van der Waals surface area (Å²) in [6, 6.07) is 8.41. The van der Waals surface area contributed by atoms with Crippen molar-refractivity contribution in [1.29, 1.82) is 0 Å². The molecule has 1 unspecified atom stereocenters. The molecule has 0 saturated heterocycles. The van der Waals surface area contributed by atoms with Crippen molar-refractivity contribution in [2.24, 2.45) is 0 Å². The van der Waals surface area contributed by atoms with Crippen LogP contribution in [0.2, 0.25) is 0 Å². The SMILES string of the molecule is CNC(CCN(C)CCS(C)(=O)=O)c1ccccc1Br. The predicted octanol–water partition coefficient (Wildman–Crippen LogP) is 2.08. The first-order chi connectivity index (χ1) is 9.33. The number of halogens is 1. The van der Waals surface area contributed by atoms with Crippen LogP contribution in [0.3, 0.4) is 0 Å². The molecule has 0 amide bonds. The fourth-order valence-electron chi connectivity index (χ4n) is 2.00. The number of hydrogen-bond donors (Lipinski definition) is 1. The van der Waals surface area contributed by atoms with E-state index in [-0.39, 0.29) is 11.8 Å². The quantitative estimate of drug-likeness (QED) is 0.768. The van der Waals surface area contributed by atoms with E-state index in [4.69, 9.17) is 0 Å². The van der Waals surface area contributed by atoms with Crippen molar-refractivity contribution in [3.05, 3.63) is 34.3 Å². The highest BCUT2D eigenvalue weighted by molar-refractivity contribution is 9.10. The molecule has 1 N–H and O–H groups in total. The Balaban J connectivity index is 2.52. The first kappa shape index (κ1) is 17.6. The zero-order valence-electron chi connectivity index (χ0n) is 12.3. The Hall–Kier alpha value is -0.430. The summed E-state index contributed by atoms with van der Waals surface area (Å²) >= 11 is 3.57. The van der Waals surface area contributed by atoms with Gasteiger partial charge in [-0.1, -0.05) is 34.1 Å². The maximum absolute atomic E-state index is 11.2. The smallest absolute Gasteiger partial charge is 0.148 e. The number of nitrogens with zero attached hydrogens (tertiary/aromatic N) is 1. The molecular weight excluding hydrogens is 340 g/mol. The monoisotopic (exact) mass is 362 g/mol. The highest BCUT2D eigenvalue weighted by Crippen LogP contribution is 2.25. The van der Waals surface area contributed by atoms with Crippen LogP contribution in [-0.4, -0.2) is 52.5 Å². The standard InChI is InChI=1S/C14H23BrN2O2S/c1-16-14(12-6-4-5-7-13(12)15)8-9-17(2)10-11-20(3,18)19/h4-7,14,16H,8-11H2,1-3H3. The van der Waals surface area contributed by atoms with E-state index in [1.807, 2.05) is 32.3 Å². The van der Waals surface area contributed by atoms with Crippen LogP contribution < -0.4 is 5.32 Å². The Kier molecular flexibility index (Phi) is 7.15. The molecule has 114 valence electrons. The lowest BCUT2D eigenvalue weighted by Gasteiger charge is -2.22. The van der Waals surface area contributed by atoms with Gasteiger partial charge in [-0.3, -0.25) is 0 Å². The van der Waals surface area contributed by atoms with Gasteiger partial charge in [0, 0.05) is 23.3 Å². The van der Waals surface area contributed by atoms with Crippen LogP contribution in [0.15, 0.2) is 28.7 Å². The van der Waals surface area contributed by atoms with E-state index in [0.29, 0.717) is 6.54 Å². The van der Waals surface area contributed by atoms with Crippen molar-refractivity contribution in [3.8, 4) is 0 Å². The number of rotatable bonds is 8. The van der Waals surface area contributed by atoms with Crippen LogP contribution in [0.25, 0.3) is 0 Å². The molecule has 1 rings (SSSR count). The molecule has 0 aliphatic rings. The summed E-state index contributed by atoms with van der Waals surface area (Å²) in [4.78, 5) is 2.06. The van der Waals surface area contributed by atoms with Gasteiger partial charge >= 0.3 is 0 Å². The average Bonchev–Trinajstić information content (AvgIpc) is 2.38. The highest BCUT2D eigenvalue weighted by atomic mass is 79.9. The number of hydrogen-bond acceptors (Lipinski definition) is 4. The van der Waals surface area contributed by atoms with Crippen LogP contribution in [0, 0.1) is 0 Å². The fraction of sp³-hybridized carbons (Fsp3) is 0.571. The summed E-state index contributed by atoms with van der Waals surface area (Å²) in [5.74, 6) is 0.211. The van der Waals surface area contributed by atoms with Gasteiger partial charge in [0.2, 0.25) is 0 Å². The fourth-order valence-corrected chi connectivity index (χ4v) is 3.20. The molecule has 6 heteroatoms. The van der Waals surface area contributed by atoms with Crippen molar-refractivity contribution < 1.29 is 8.42 Å². The van der Waals surface area contributed by atoms with Crippen LogP contribution in [-0.2, 0) is 9.84 Å². The number of sulfone groups is 1. The molecule has 0 spiro atoms. The van der Waals surface area contributed by atoms with Gasteiger partial charge in [0.1, 0.15) is 9.84 Å². The third-order valence-corrected chi connectivity index (χ3v) is 4.92. The van der Waals surface area contributed by atoms with Crippen LogP contribution in [0.1, 0.15) is 18.0 Å². The van der Waals surface area contributed by atoms with Crippen LogP contribution in [0.5, 0.6) is 0 Å². The highest BCUT2D eigenvalue weighted by Gasteiger charge is 2.13. The van der Waals surface area contributed by atoms with E-state index < -0.39 is 9.84 Å². The lowest BCUT2D eigenvalue weighted by molar-refractivity contribution is 0.326. The molecular formula is C14H23BrN2O2S. The third kappa shape index (κ3) is 6.35. The normalized spacial score (nSPS) is 13.7. The zero-order chi connectivity index (χ0) is 15.2. The van der Waals surface area contributed by atoms with Gasteiger partial charge in [-0.15, -0.1) is 0 Å². The molecule has 0 bridgehead atoms. The van der Waals surface area contributed by atoms with Gasteiger partial charge < -0.3 is 10.2 Å². The Bertz CT molecular complexity index is 520. The summed E-state index contributed by atoms with van der Waals surface area (Å²) < 4.78 is 23.4. The van der Waals surface area contributed by atoms with Crippen molar-refractivity contribution in [2.75, 3.05) is 39.2 Å². The third-order valence-electron chi connectivity index (χ3n) is 3.27. The van der Waals surface area contributed by atoms with Gasteiger partial charge in [0.25, 0.3) is 0 Å². The van der Waals surface area contributed by atoms with E-state index in [9.17, 15) is 8.42 Å². The largest absolute Gasteiger partial charge is 0.313 e. The van der Waals surface area contributed by atoms with E-state index in [2.05, 4.69) is 32.2 Å². The van der Waals surface area contributed by atoms with Crippen molar-refractivity contribution >= 4 is 25.8 Å². The minimum atomic E-state index is -2.89. The second-order valence-corrected chi connectivity index (χ2v) is 8.20. The second-order valence-electron chi connectivity index (χ2n) is 5.08. The maximum atomic E-state index is 11.2. The van der Waals surface area contributed by atoms with Crippen molar-refractivity contribution in [2.45, 2.75) is 12.5 Å². The molecule has 0 aromatic heterocycles. The molecule has 1 aromatic rings. The minimum Gasteiger partial charge on any atom is -0.313 e. The first-order valence-electron chi connectivity index (χ1n) is 6.61. The van der Waals surface area contributed by atoms with Crippen LogP contribution >= 0.6 is 15.9 Å². The number of nitrogens with one attached hydrogen (secondary N) is 1. The summed E-state index contributed by atoms with van der Waals surface area (Å²) in [6.45, 7) is 1.42. The van der Waals surface area contributed by atoms with E-state index >= 15 is 0 Å². The van der Waals surface area contributed by atoms with Crippen molar-refractivity contribution in [3.63, 3.8) is 0 Å². The van der Waals surface area contributed by atoms with Gasteiger partial charge in [0.05, 0.1) is 5.75 Å². The molecule has 0 saturated carbocycles. The topological polar surface area (TPSA) is 49.4 Å². The van der Waals surface area contributed by atoms with Gasteiger partial charge in [0.15, 0.2) is 0 Å². The van der Waals surface area contributed by atoms with Crippen molar-refractivity contribution in [1.82, 2.24) is 10.2 Å². The molecule has 0 aliphatic heterocycles. The maximum Gasteiger partial charge on any atom is 0.148 e. The number of benzene rings is 1. The van der Waals surface area contributed by atoms with Gasteiger partial charge in [-0.05, 0) is 38.7 Å². The summed E-state index contributed by atoms with van der Waals surface area (Å²) in [5, 5.41) is 3.31. The zero-order valence-corrected chi connectivity index (χ0v) is 14.7. The Morgan fingerprint density at radius 3 is 2.50 bits per heavy atom. The Labute approximate surface area is 130 Å². The molecule has 1 atom stereocenters. The predicted molar refractivity (Wildman–Crippen MR) is 87.8 cm³/mol. The molecule has 20 heavy (non-hydrogen) atoms.